The van der Waals surface area contributed by atoms with E-state index in [4.69, 9.17) is 16.3 Å². The number of halogens is 1. The third kappa shape index (κ3) is 2.59. The molecule has 13 heavy (non-hydrogen) atoms. The summed E-state index contributed by atoms with van der Waals surface area (Å²) in [7, 11) is 0. The molecule has 2 nitrogen and oxygen atoms in total. The molecule has 70 valence electrons. The van der Waals surface area contributed by atoms with Crippen molar-refractivity contribution in [2.24, 2.45) is 5.92 Å². The monoisotopic (exact) mass is 197 g/mol. The van der Waals surface area contributed by atoms with Gasteiger partial charge in [-0.25, -0.2) is 0 Å². The van der Waals surface area contributed by atoms with Crippen LogP contribution in [-0.4, -0.2) is 11.6 Å². The molecule has 1 heterocycles. The van der Waals surface area contributed by atoms with Crippen LogP contribution < -0.4 is 4.74 Å². The van der Waals surface area contributed by atoms with E-state index in [-0.39, 0.29) is 0 Å². The molecule has 0 unspecified atom stereocenters. The molecule has 1 aromatic heterocycles. The number of aromatic nitrogens is 1. The van der Waals surface area contributed by atoms with Gasteiger partial charge in [0.1, 0.15) is 5.75 Å². The van der Waals surface area contributed by atoms with Crippen molar-refractivity contribution in [1.29, 1.82) is 0 Å². The molecule has 2 rings (SSSR count). The van der Waals surface area contributed by atoms with Gasteiger partial charge < -0.3 is 4.74 Å². The lowest BCUT2D eigenvalue weighted by atomic mass is 10.4. The van der Waals surface area contributed by atoms with Crippen LogP contribution >= 0.6 is 11.6 Å². The van der Waals surface area contributed by atoms with Gasteiger partial charge in [-0.3, -0.25) is 4.98 Å². The molecule has 0 bridgehead atoms. The van der Waals surface area contributed by atoms with Gasteiger partial charge in [0.15, 0.2) is 0 Å². The van der Waals surface area contributed by atoms with E-state index in [0.29, 0.717) is 5.88 Å². The Morgan fingerprint density at radius 3 is 2.85 bits per heavy atom. The summed E-state index contributed by atoms with van der Waals surface area (Å²) < 4.78 is 5.52. The minimum absolute atomic E-state index is 0.461. The Balaban J connectivity index is 1.88. The Morgan fingerprint density at radius 1 is 1.46 bits per heavy atom. The summed E-state index contributed by atoms with van der Waals surface area (Å²) in [4.78, 5) is 4.14. The van der Waals surface area contributed by atoms with Gasteiger partial charge in [0.25, 0.3) is 0 Å². The van der Waals surface area contributed by atoms with Crippen LogP contribution in [0.5, 0.6) is 5.75 Å². The minimum atomic E-state index is 0.461. The van der Waals surface area contributed by atoms with E-state index in [9.17, 15) is 0 Å². The summed E-state index contributed by atoms with van der Waals surface area (Å²) in [6.07, 6.45) is 4.36. The van der Waals surface area contributed by atoms with Crippen molar-refractivity contribution in [2.45, 2.75) is 18.7 Å². The van der Waals surface area contributed by atoms with Gasteiger partial charge in [0.2, 0.25) is 0 Å². The van der Waals surface area contributed by atoms with Crippen molar-refractivity contribution >= 4 is 11.6 Å². The van der Waals surface area contributed by atoms with E-state index in [1.54, 1.807) is 6.20 Å². The molecule has 0 saturated heterocycles. The largest absolute Gasteiger partial charge is 0.492 e. The molecule has 1 fully saturated rings. The smallest absolute Gasteiger partial charge is 0.137 e. The molecule has 1 saturated carbocycles. The highest BCUT2D eigenvalue weighted by Gasteiger charge is 2.21. The van der Waals surface area contributed by atoms with Crippen molar-refractivity contribution in [3.8, 4) is 5.75 Å². The predicted octanol–water partition coefficient (Wildman–Crippen LogP) is 2.61. The Labute approximate surface area is 82.9 Å². The number of rotatable bonds is 4. The summed E-state index contributed by atoms with van der Waals surface area (Å²) in [6.45, 7) is 0.835. The molecule has 0 radical (unpaired) electrons. The van der Waals surface area contributed by atoms with Crippen LogP contribution in [0.1, 0.15) is 18.5 Å². The van der Waals surface area contributed by atoms with Crippen LogP contribution in [-0.2, 0) is 5.88 Å². The molecule has 3 heteroatoms. The number of nitrogens with zero attached hydrogens (tertiary/aromatic N) is 1. The molecule has 1 aromatic rings. The number of hydrogen-bond acceptors (Lipinski definition) is 2. The first kappa shape index (κ1) is 8.82. The fourth-order valence-corrected chi connectivity index (χ4v) is 1.23. The van der Waals surface area contributed by atoms with Gasteiger partial charge in [0, 0.05) is 0 Å². The normalized spacial score (nSPS) is 15.8. The van der Waals surface area contributed by atoms with Gasteiger partial charge in [-0.15, -0.1) is 11.6 Å². The van der Waals surface area contributed by atoms with Gasteiger partial charge in [-0.05, 0) is 30.9 Å². The number of pyridine rings is 1. The van der Waals surface area contributed by atoms with Gasteiger partial charge in [0.05, 0.1) is 24.4 Å². The molecule has 0 amide bonds. The first-order chi connectivity index (χ1) is 6.38. The molecule has 0 aromatic carbocycles. The average molecular weight is 198 g/mol. The highest BCUT2D eigenvalue weighted by molar-refractivity contribution is 6.16. The van der Waals surface area contributed by atoms with E-state index in [2.05, 4.69) is 4.98 Å². The van der Waals surface area contributed by atoms with E-state index in [1.807, 2.05) is 12.1 Å². The van der Waals surface area contributed by atoms with Crippen molar-refractivity contribution in [3.63, 3.8) is 0 Å². The quantitative estimate of drug-likeness (QED) is 0.693. The second-order valence-corrected chi connectivity index (χ2v) is 3.64. The topological polar surface area (TPSA) is 22.1 Å². The first-order valence-corrected chi connectivity index (χ1v) is 5.05. The van der Waals surface area contributed by atoms with Crippen LogP contribution in [0.15, 0.2) is 18.3 Å². The lowest BCUT2D eigenvalue weighted by Crippen LogP contribution is -1.99. The van der Waals surface area contributed by atoms with Crippen LogP contribution in [0, 0.1) is 5.92 Å². The van der Waals surface area contributed by atoms with Crippen molar-refractivity contribution in [2.75, 3.05) is 6.61 Å². The van der Waals surface area contributed by atoms with Gasteiger partial charge >= 0.3 is 0 Å². The maximum atomic E-state index is 5.61. The molecule has 0 aliphatic heterocycles. The van der Waals surface area contributed by atoms with Gasteiger partial charge in [-0.1, -0.05) is 0 Å². The number of hydrogen-bond donors (Lipinski definition) is 0. The van der Waals surface area contributed by atoms with Crippen LogP contribution in [0.3, 0.4) is 0 Å². The fourth-order valence-electron chi connectivity index (χ4n) is 1.07. The van der Waals surface area contributed by atoms with Crippen LogP contribution in [0.4, 0.5) is 0 Å². The zero-order chi connectivity index (χ0) is 9.10. The second kappa shape index (κ2) is 3.97. The summed E-state index contributed by atoms with van der Waals surface area (Å²) in [5, 5.41) is 0. The molecule has 1 aliphatic carbocycles. The van der Waals surface area contributed by atoms with Gasteiger partial charge in [-0.2, -0.15) is 0 Å². The minimum Gasteiger partial charge on any atom is -0.492 e. The summed E-state index contributed by atoms with van der Waals surface area (Å²) in [5.41, 5.74) is 0.889. The van der Waals surface area contributed by atoms with E-state index >= 15 is 0 Å². The third-order valence-electron chi connectivity index (χ3n) is 2.12. The SMILES string of the molecule is ClCc1ccc(OCC2CC2)cn1. The summed E-state index contributed by atoms with van der Waals surface area (Å²) in [6, 6.07) is 3.82. The Bertz CT molecular complexity index is 269. The Kier molecular flexibility index (Phi) is 2.69. The van der Waals surface area contributed by atoms with Crippen molar-refractivity contribution < 1.29 is 4.74 Å². The summed E-state index contributed by atoms with van der Waals surface area (Å²) >= 11 is 5.61. The lowest BCUT2D eigenvalue weighted by molar-refractivity contribution is 0.298. The van der Waals surface area contributed by atoms with E-state index in [0.717, 1.165) is 24.0 Å². The fraction of sp³-hybridized carbons (Fsp3) is 0.500. The predicted molar refractivity (Wildman–Crippen MR) is 52.0 cm³/mol. The van der Waals surface area contributed by atoms with Crippen LogP contribution in [0.2, 0.25) is 0 Å². The standard InChI is InChI=1S/C10H12ClNO/c11-5-9-3-4-10(6-12-9)13-7-8-1-2-8/h3-4,6,8H,1-2,5,7H2. The molecule has 0 spiro atoms. The molecule has 0 atom stereocenters. The maximum absolute atomic E-state index is 5.61. The lowest BCUT2D eigenvalue weighted by Gasteiger charge is -2.04. The Hall–Kier alpha value is -0.760. The van der Waals surface area contributed by atoms with Crippen molar-refractivity contribution in [1.82, 2.24) is 4.98 Å². The zero-order valence-corrected chi connectivity index (χ0v) is 8.13. The maximum Gasteiger partial charge on any atom is 0.137 e. The number of alkyl halides is 1. The van der Waals surface area contributed by atoms with Crippen molar-refractivity contribution in [3.05, 3.63) is 24.0 Å². The molecular formula is C10H12ClNO. The number of ether oxygens (including phenoxy) is 1. The van der Waals surface area contributed by atoms with Crippen LogP contribution in [0.25, 0.3) is 0 Å². The molecule has 0 N–H and O–H groups in total. The van der Waals surface area contributed by atoms with E-state index in [1.165, 1.54) is 12.8 Å². The third-order valence-corrected chi connectivity index (χ3v) is 2.39. The second-order valence-electron chi connectivity index (χ2n) is 3.37. The highest BCUT2D eigenvalue weighted by Crippen LogP contribution is 2.29. The van der Waals surface area contributed by atoms with E-state index < -0.39 is 0 Å². The molecular weight excluding hydrogens is 186 g/mol. The zero-order valence-electron chi connectivity index (χ0n) is 7.37. The highest BCUT2D eigenvalue weighted by atomic mass is 35.5. The Morgan fingerprint density at radius 2 is 2.31 bits per heavy atom. The average Bonchev–Trinajstić information content (AvgIpc) is 2.99. The first-order valence-electron chi connectivity index (χ1n) is 4.52. The summed E-state index contributed by atoms with van der Waals surface area (Å²) in [5.74, 6) is 2.09. The molecule has 1 aliphatic rings.